The number of aryl methyl sites for hydroxylation is 1. The van der Waals surface area contributed by atoms with E-state index in [0.717, 1.165) is 29.2 Å². The molecular formula is C28H26N4O4S. The average Bonchev–Trinajstić information content (AvgIpc) is 3.39. The van der Waals surface area contributed by atoms with Crippen molar-refractivity contribution < 1.29 is 18.8 Å². The Morgan fingerprint density at radius 1 is 0.865 bits per heavy atom. The first-order valence-corrected chi connectivity index (χ1v) is 13.2. The van der Waals surface area contributed by atoms with E-state index in [1.807, 2.05) is 54.6 Å². The summed E-state index contributed by atoms with van der Waals surface area (Å²) in [4.78, 5) is 39.3. The summed E-state index contributed by atoms with van der Waals surface area (Å²) in [5.41, 5.74) is 2.20. The van der Waals surface area contributed by atoms with Crippen LogP contribution in [0.4, 0.5) is 0 Å². The van der Waals surface area contributed by atoms with Crippen LogP contribution in [0.1, 0.15) is 51.4 Å². The number of nitrogens with one attached hydrogen (secondary N) is 1. The number of aromatic nitrogens is 2. The maximum absolute atomic E-state index is 13.0. The fourth-order valence-electron chi connectivity index (χ4n) is 4.38. The lowest BCUT2D eigenvalue weighted by Crippen LogP contribution is -2.40. The maximum Gasteiger partial charge on any atom is 0.277 e. The monoisotopic (exact) mass is 514 g/mol. The molecule has 37 heavy (non-hydrogen) atoms. The summed E-state index contributed by atoms with van der Waals surface area (Å²) in [5.74, 6) is 0.136. The van der Waals surface area contributed by atoms with E-state index in [1.165, 1.54) is 16.7 Å². The highest BCUT2D eigenvalue weighted by Crippen LogP contribution is 2.30. The fourth-order valence-corrected chi connectivity index (χ4v) is 4.99. The highest BCUT2D eigenvalue weighted by molar-refractivity contribution is 7.99. The van der Waals surface area contributed by atoms with E-state index >= 15 is 0 Å². The Labute approximate surface area is 218 Å². The first-order chi connectivity index (χ1) is 18.1. The molecule has 8 nitrogen and oxygen atoms in total. The Hall–Kier alpha value is -3.98. The van der Waals surface area contributed by atoms with Crippen LogP contribution in [0.5, 0.6) is 0 Å². The Morgan fingerprint density at radius 3 is 2.32 bits per heavy atom. The molecule has 9 heteroatoms. The van der Waals surface area contributed by atoms with Gasteiger partial charge in [0.25, 0.3) is 17.0 Å². The topological polar surface area (TPSA) is 105 Å². The number of nitrogens with zero attached hydrogens (tertiary/aromatic N) is 3. The van der Waals surface area contributed by atoms with Gasteiger partial charge < -0.3 is 9.73 Å². The highest BCUT2D eigenvalue weighted by Gasteiger charge is 2.32. The molecule has 0 fully saturated rings. The van der Waals surface area contributed by atoms with E-state index < -0.39 is 0 Å². The second-order valence-electron chi connectivity index (χ2n) is 8.79. The van der Waals surface area contributed by atoms with Crippen molar-refractivity contribution in [1.29, 1.82) is 0 Å². The molecule has 2 heterocycles. The number of hydrogen-bond acceptors (Lipinski definition) is 7. The van der Waals surface area contributed by atoms with E-state index in [2.05, 4.69) is 15.5 Å². The predicted octanol–water partition coefficient (Wildman–Crippen LogP) is 4.64. The molecule has 0 unspecified atom stereocenters. The molecule has 1 aliphatic heterocycles. The van der Waals surface area contributed by atoms with E-state index in [9.17, 15) is 14.4 Å². The van der Waals surface area contributed by atoms with E-state index in [1.54, 1.807) is 12.1 Å². The predicted molar refractivity (Wildman–Crippen MR) is 140 cm³/mol. The Balaban J connectivity index is 1.04. The molecule has 0 atom stereocenters. The lowest BCUT2D eigenvalue weighted by atomic mass is 9.94. The average molecular weight is 515 g/mol. The summed E-state index contributed by atoms with van der Waals surface area (Å²) in [7, 11) is 0. The zero-order valence-corrected chi connectivity index (χ0v) is 21.0. The Bertz CT molecular complexity index is 1390. The number of unbranched alkanes of at least 4 members (excludes halogenated alkanes) is 2. The van der Waals surface area contributed by atoms with Gasteiger partial charge in [0.05, 0.1) is 5.75 Å². The van der Waals surface area contributed by atoms with Crippen LogP contribution in [0, 0.1) is 0 Å². The SMILES string of the molecule is O=C(CSc1nnc(CCCCCN2C(=O)c3cccc4cccc(c34)C2=O)o1)NCc1ccccc1. The molecule has 3 aromatic carbocycles. The molecule has 4 aromatic rings. The van der Waals surface area contributed by atoms with Gasteiger partial charge in [0.1, 0.15) is 0 Å². The van der Waals surface area contributed by atoms with Crippen LogP contribution in [0.15, 0.2) is 76.4 Å². The van der Waals surface area contributed by atoms with Crippen LogP contribution < -0.4 is 5.32 Å². The molecule has 0 aliphatic carbocycles. The van der Waals surface area contributed by atoms with Gasteiger partial charge in [-0.15, -0.1) is 10.2 Å². The summed E-state index contributed by atoms with van der Waals surface area (Å²) in [6.45, 7) is 0.845. The van der Waals surface area contributed by atoms with Gasteiger partial charge in [-0.05, 0) is 35.9 Å². The largest absolute Gasteiger partial charge is 0.416 e. The minimum atomic E-state index is -0.235. The van der Waals surface area contributed by atoms with Crippen LogP contribution in [0.3, 0.4) is 0 Å². The third-order valence-electron chi connectivity index (χ3n) is 6.24. The molecule has 3 amide bonds. The third-order valence-corrected chi connectivity index (χ3v) is 7.05. The highest BCUT2D eigenvalue weighted by atomic mass is 32.2. The molecule has 1 N–H and O–H groups in total. The van der Waals surface area contributed by atoms with Gasteiger partial charge in [0.15, 0.2) is 0 Å². The van der Waals surface area contributed by atoms with Crippen molar-refractivity contribution in [2.45, 2.75) is 37.5 Å². The van der Waals surface area contributed by atoms with Crippen LogP contribution in [0.25, 0.3) is 10.8 Å². The third kappa shape index (κ3) is 5.72. The van der Waals surface area contributed by atoms with Gasteiger partial charge in [0.2, 0.25) is 11.8 Å². The van der Waals surface area contributed by atoms with Crippen LogP contribution in [0.2, 0.25) is 0 Å². The number of thioether (sulfide) groups is 1. The molecule has 1 aliphatic rings. The minimum absolute atomic E-state index is 0.103. The number of imide groups is 1. The van der Waals surface area contributed by atoms with E-state index in [0.29, 0.717) is 48.2 Å². The number of rotatable bonds is 11. The van der Waals surface area contributed by atoms with Gasteiger partial charge in [-0.25, -0.2) is 0 Å². The quantitative estimate of drug-likeness (QED) is 0.177. The smallest absolute Gasteiger partial charge is 0.277 e. The summed E-state index contributed by atoms with van der Waals surface area (Å²) in [5, 5.41) is 12.9. The standard InChI is InChI=1S/C28H26N4O4S/c33-23(29-17-19-9-3-1-4-10-19)18-37-28-31-30-24(36-28)15-5-2-6-16-32-26(34)21-13-7-11-20-12-8-14-22(25(20)21)27(32)35/h1,3-4,7-14H,2,5-6,15-18H2,(H,29,33). The number of amides is 3. The number of carbonyl (C=O) groups is 3. The minimum Gasteiger partial charge on any atom is -0.416 e. The molecule has 188 valence electrons. The fraction of sp³-hybridized carbons (Fsp3) is 0.250. The van der Waals surface area contributed by atoms with Crippen molar-refractivity contribution >= 4 is 40.3 Å². The van der Waals surface area contributed by atoms with Crippen molar-refractivity contribution in [3.63, 3.8) is 0 Å². The van der Waals surface area contributed by atoms with E-state index in [-0.39, 0.29) is 23.5 Å². The van der Waals surface area contributed by atoms with Crippen molar-refractivity contribution in [3.05, 3.63) is 89.3 Å². The van der Waals surface area contributed by atoms with Gasteiger partial charge in [0, 0.05) is 36.0 Å². The van der Waals surface area contributed by atoms with Crippen LogP contribution in [-0.4, -0.2) is 45.1 Å². The van der Waals surface area contributed by atoms with Crippen molar-refractivity contribution in [1.82, 2.24) is 20.4 Å². The van der Waals surface area contributed by atoms with Crippen molar-refractivity contribution in [3.8, 4) is 0 Å². The normalized spacial score (nSPS) is 12.8. The zero-order chi connectivity index (χ0) is 25.6. The summed E-state index contributed by atoms with van der Waals surface area (Å²) in [6.07, 6.45) is 2.87. The second kappa shape index (κ2) is 11.4. The molecule has 0 saturated heterocycles. The molecule has 0 saturated carbocycles. The van der Waals surface area contributed by atoms with Gasteiger partial charge in [-0.2, -0.15) is 0 Å². The Morgan fingerprint density at radius 2 is 1.59 bits per heavy atom. The lowest BCUT2D eigenvalue weighted by Gasteiger charge is -2.27. The number of hydrogen-bond donors (Lipinski definition) is 1. The molecular weight excluding hydrogens is 488 g/mol. The molecule has 0 bridgehead atoms. The molecule has 0 radical (unpaired) electrons. The second-order valence-corrected chi connectivity index (χ2v) is 9.72. The number of benzene rings is 3. The maximum atomic E-state index is 13.0. The summed E-state index contributed by atoms with van der Waals surface area (Å²) < 4.78 is 5.64. The first kappa shape index (κ1) is 24.7. The summed E-state index contributed by atoms with van der Waals surface area (Å²) >= 11 is 1.21. The van der Waals surface area contributed by atoms with Crippen molar-refractivity contribution in [2.75, 3.05) is 12.3 Å². The first-order valence-electron chi connectivity index (χ1n) is 12.2. The lowest BCUT2D eigenvalue weighted by molar-refractivity contribution is -0.118. The van der Waals surface area contributed by atoms with E-state index in [4.69, 9.17) is 4.42 Å². The Kier molecular flexibility index (Phi) is 7.60. The molecule has 0 spiro atoms. The zero-order valence-electron chi connectivity index (χ0n) is 20.2. The van der Waals surface area contributed by atoms with Crippen molar-refractivity contribution in [2.24, 2.45) is 0 Å². The molecule has 1 aromatic heterocycles. The van der Waals surface area contributed by atoms with Crippen LogP contribution in [-0.2, 0) is 17.8 Å². The number of carbonyl (C=O) groups excluding carboxylic acids is 3. The summed E-state index contributed by atoms with van der Waals surface area (Å²) in [6, 6.07) is 20.8. The molecule has 5 rings (SSSR count). The van der Waals surface area contributed by atoms with Gasteiger partial charge >= 0.3 is 0 Å². The van der Waals surface area contributed by atoms with Gasteiger partial charge in [-0.3, -0.25) is 19.3 Å². The van der Waals surface area contributed by atoms with Gasteiger partial charge in [-0.1, -0.05) is 72.8 Å². The van der Waals surface area contributed by atoms with Crippen LogP contribution >= 0.6 is 11.8 Å².